The van der Waals surface area contributed by atoms with E-state index in [-0.39, 0.29) is 12.6 Å². The van der Waals surface area contributed by atoms with Gasteiger partial charge in [0.05, 0.1) is 6.61 Å². The third-order valence-electron chi connectivity index (χ3n) is 3.59. The summed E-state index contributed by atoms with van der Waals surface area (Å²) in [6, 6.07) is 0.883. The first-order chi connectivity index (χ1) is 6.69. The lowest BCUT2D eigenvalue weighted by Gasteiger charge is -2.39. The maximum Gasteiger partial charge on any atom is 0.0597 e. The molecule has 0 bridgehead atoms. The SMILES string of the molecule is CNC(CO)CN1CCCC(C)C1C. The van der Waals surface area contributed by atoms with E-state index >= 15 is 0 Å². The van der Waals surface area contributed by atoms with Crippen molar-refractivity contribution in [3.05, 3.63) is 0 Å². The number of hydrogen-bond donors (Lipinski definition) is 2. The van der Waals surface area contributed by atoms with Gasteiger partial charge in [0.25, 0.3) is 0 Å². The normalized spacial score (nSPS) is 31.7. The molecule has 1 fully saturated rings. The summed E-state index contributed by atoms with van der Waals surface area (Å²) in [7, 11) is 1.92. The molecular formula is C11H24N2O. The van der Waals surface area contributed by atoms with Crippen molar-refractivity contribution in [2.75, 3.05) is 26.7 Å². The molecule has 1 heterocycles. The van der Waals surface area contributed by atoms with Crippen molar-refractivity contribution in [1.82, 2.24) is 10.2 Å². The lowest BCUT2D eigenvalue weighted by Crippen LogP contribution is -2.49. The molecule has 1 aliphatic rings. The minimum atomic E-state index is 0.225. The van der Waals surface area contributed by atoms with Crippen LogP contribution in [-0.2, 0) is 0 Å². The lowest BCUT2D eigenvalue weighted by atomic mass is 9.92. The number of hydrogen-bond acceptors (Lipinski definition) is 3. The van der Waals surface area contributed by atoms with Crippen molar-refractivity contribution in [3.63, 3.8) is 0 Å². The molecule has 0 aromatic carbocycles. The van der Waals surface area contributed by atoms with Crippen molar-refractivity contribution in [2.24, 2.45) is 5.92 Å². The summed E-state index contributed by atoms with van der Waals surface area (Å²) in [6.07, 6.45) is 2.65. The number of aliphatic hydroxyl groups excluding tert-OH is 1. The summed E-state index contributed by atoms with van der Waals surface area (Å²) in [5, 5.41) is 12.3. The predicted molar refractivity (Wildman–Crippen MR) is 59.4 cm³/mol. The summed E-state index contributed by atoms with van der Waals surface area (Å²) < 4.78 is 0. The predicted octanol–water partition coefficient (Wildman–Crippen LogP) is 0.687. The topological polar surface area (TPSA) is 35.5 Å². The zero-order valence-corrected chi connectivity index (χ0v) is 9.66. The Kier molecular flexibility index (Phi) is 4.85. The number of nitrogens with one attached hydrogen (secondary N) is 1. The summed E-state index contributed by atoms with van der Waals surface area (Å²) in [5.41, 5.74) is 0. The highest BCUT2D eigenvalue weighted by Gasteiger charge is 2.25. The second-order valence-corrected chi connectivity index (χ2v) is 4.52. The Hall–Kier alpha value is -0.120. The highest BCUT2D eigenvalue weighted by molar-refractivity contribution is 4.81. The molecule has 1 aliphatic heterocycles. The van der Waals surface area contributed by atoms with Crippen molar-refractivity contribution in [2.45, 2.75) is 38.8 Å². The van der Waals surface area contributed by atoms with Gasteiger partial charge in [-0.3, -0.25) is 4.90 Å². The Balaban J connectivity index is 2.41. The van der Waals surface area contributed by atoms with Gasteiger partial charge in [-0.25, -0.2) is 0 Å². The van der Waals surface area contributed by atoms with Crippen LogP contribution in [0.25, 0.3) is 0 Å². The Labute approximate surface area is 87.5 Å². The van der Waals surface area contributed by atoms with Gasteiger partial charge in [-0.05, 0) is 39.3 Å². The molecule has 0 aromatic heterocycles. The van der Waals surface area contributed by atoms with Gasteiger partial charge in [0.15, 0.2) is 0 Å². The maximum absolute atomic E-state index is 9.12. The van der Waals surface area contributed by atoms with Crippen molar-refractivity contribution in [3.8, 4) is 0 Å². The van der Waals surface area contributed by atoms with Crippen molar-refractivity contribution >= 4 is 0 Å². The lowest BCUT2D eigenvalue weighted by molar-refractivity contribution is 0.0905. The number of likely N-dealkylation sites (N-methyl/N-ethyl adjacent to an activating group) is 1. The quantitative estimate of drug-likeness (QED) is 0.701. The van der Waals surface area contributed by atoms with Gasteiger partial charge in [-0.2, -0.15) is 0 Å². The standard InChI is InChI=1S/C11H24N2O/c1-9-5-4-6-13(10(9)2)7-11(8-14)12-3/h9-12,14H,4-8H2,1-3H3. The van der Waals surface area contributed by atoms with E-state index in [1.54, 1.807) is 0 Å². The second kappa shape index (κ2) is 5.69. The molecule has 1 rings (SSSR count). The molecule has 0 aliphatic carbocycles. The van der Waals surface area contributed by atoms with Crippen LogP contribution in [0.4, 0.5) is 0 Å². The summed E-state index contributed by atoms with van der Waals surface area (Å²) in [6.45, 7) is 7.01. The van der Waals surface area contributed by atoms with E-state index in [2.05, 4.69) is 24.1 Å². The van der Waals surface area contributed by atoms with Crippen LogP contribution < -0.4 is 5.32 Å². The monoisotopic (exact) mass is 200 g/mol. The summed E-state index contributed by atoms with van der Waals surface area (Å²) in [4.78, 5) is 2.49. The molecule has 0 radical (unpaired) electrons. The van der Waals surface area contributed by atoms with E-state index in [0.717, 1.165) is 12.5 Å². The second-order valence-electron chi connectivity index (χ2n) is 4.52. The van der Waals surface area contributed by atoms with Gasteiger partial charge in [0.1, 0.15) is 0 Å². The van der Waals surface area contributed by atoms with Gasteiger partial charge < -0.3 is 10.4 Å². The van der Waals surface area contributed by atoms with Crippen molar-refractivity contribution in [1.29, 1.82) is 0 Å². The van der Waals surface area contributed by atoms with Crippen LogP contribution in [0, 0.1) is 5.92 Å². The molecule has 3 atom stereocenters. The Morgan fingerprint density at radius 3 is 2.79 bits per heavy atom. The maximum atomic E-state index is 9.12. The average molecular weight is 200 g/mol. The molecule has 3 unspecified atom stereocenters. The van der Waals surface area contributed by atoms with Crippen LogP contribution in [0.1, 0.15) is 26.7 Å². The Morgan fingerprint density at radius 2 is 2.21 bits per heavy atom. The minimum absolute atomic E-state index is 0.225. The van der Waals surface area contributed by atoms with Gasteiger partial charge in [-0.15, -0.1) is 0 Å². The molecule has 14 heavy (non-hydrogen) atoms. The average Bonchev–Trinajstić information content (AvgIpc) is 2.20. The van der Waals surface area contributed by atoms with Crippen molar-refractivity contribution < 1.29 is 5.11 Å². The molecule has 0 spiro atoms. The summed E-state index contributed by atoms with van der Waals surface area (Å²) >= 11 is 0. The molecule has 3 heteroatoms. The Bertz CT molecular complexity index is 159. The first-order valence-electron chi connectivity index (χ1n) is 5.71. The van der Waals surface area contributed by atoms with Crippen LogP contribution >= 0.6 is 0 Å². The van der Waals surface area contributed by atoms with E-state index < -0.39 is 0 Å². The van der Waals surface area contributed by atoms with E-state index in [9.17, 15) is 0 Å². The molecule has 84 valence electrons. The van der Waals surface area contributed by atoms with E-state index in [1.165, 1.54) is 19.4 Å². The van der Waals surface area contributed by atoms with Crippen LogP contribution in [0.5, 0.6) is 0 Å². The fourth-order valence-electron chi connectivity index (χ4n) is 2.20. The highest BCUT2D eigenvalue weighted by Crippen LogP contribution is 2.22. The third-order valence-corrected chi connectivity index (χ3v) is 3.59. The number of likely N-dealkylation sites (tertiary alicyclic amines) is 1. The first kappa shape index (κ1) is 12.0. The van der Waals surface area contributed by atoms with Gasteiger partial charge in [0.2, 0.25) is 0 Å². The van der Waals surface area contributed by atoms with Crippen LogP contribution in [-0.4, -0.2) is 48.8 Å². The fraction of sp³-hybridized carbons (Fsp3) is 1.00. The number of piperidine rings is 1. The molecule has 0 amide bonds. The number of nitrogens with zero attached hydrogens (tertiary/aromatic N) is 1. The minimum Gasteiger partial charge on any atom is -0.395 e. The molecule has 1 saturated heterocycles. The van der Waals surface area contributed by atoms with Crippen LogP contribution in [0.3, 0.4) is 0 Å². The highest BCUT2D eigenvalue weighted by atomic mass is 16.3. The molecule has 0 aromatic rings. The van der Waals surface area contributed by atoms with E-state index in [0.29, 0.717) is 6.04 Å². The number of rotatable bonds is 4. The smallest absolute Gasteiger partial charge is 0.0597 e. The van der Waals surface area contributed by atoms with Gasteiger partial charge in [0, 0.05) is 18.6 Å². The van der Waals surface area contributed by atoms with E-state index in [4.69, 9.17) is 5.11 Å². The third kappa shape index (κ3) is 2.94. The van der Waals surface area contributed by atoms with Gasteiger partial charge in [-0.1, -0.05) is 6.92 Å². The van der Waals surface area contributed by atoms with Gasteiger partial charge >= 0.3 is 0 Å². The molecule has 2 N–H and O–H groups in total. The van der Waals surface area contributed by atoms with E-state index in [1.807, 2.05) is 7.05 Å². The first-order valence-corrected chi connectivity index (χ1v) is 5.71. The largest absolute Gasteiger partial charge is 0.395 e. The van der Waals surface area contributed by atoms with Crippen LogP contribution in [0.2, 0.25) is 0 Å². The zero-order valence-electron chi connectivity index (χ0n) is 9.66. The number of aliphatic hydroxyl groups is 1. The Morgan fingerprint density at radius 1 is 1.50 bits per heavy atom. The zero-order chi connectivity index (χ0) is 10.6. The fourth-order valence-corrected chi connectivity index (χ4v) is 2.20. The molecule has 0 saturated carbocycles. The summed E-state index contributed by atoms with van der Waals surface area (Å²) in [5.74, 6) is 0.792. The molecular weight excluding hydrogens is 176 g/mol. The van der Waals surface area contributed by atoms with Crippen LogP contribution in [0.15, 0.2) is 0 Å². The molecule has 3 nitrogen and oxygen atoms in total.